The molecule has 174 valence electrons. The Kier molecular flexibility index (Phi) is 7.11. The Morgan fingerprint density at radius 1 is 0.676 bits per heavy atom. The van der Waals surface area contributed by atoms with Crippen LogP contribution in [0.5, 0.6) is 0 Å². The van der Waals surface area contributed by atoms with Gasteiger partial charge in [0.15, 0.2) is 0 Å². The highest BCUT2D eigenvalue weighted by Crippen LogP contribution is 2.47. The number of unbranched alkanes of at least 4 members (excludes halogenated alkanes) is 1. The highest BCUT2D eigenvalue weighted by molar-refractivity contribution is 9.11. The standard InChI is InChI=1S/C30H32Br2Si2/c1-8-9-11-20-14-15-25-28-26(20)30(32)24(17-19-34(5,6)7)22-13-10-12-21(27(22)28)23(29(25)31)16-18-33(2,3)4/h10,12-15H,8-9,11H2,1-7H3. The second-order valence-electron chi connectivity index (χ2n) is 11.2. The van der Waals surface area contributed by atoms with E-state index in [9.17, 15) is 0 Å². The zero-order valence-electron chi connectivity index (χ0n) is 21.3. The van der Waals surface area contributed by atoms with Crippen molar-refractivity contribution in [3.05, 3.63) is 56.0 Å². The third kappa shape index (κ3) is 4.89. The lowest BCUT2D eigenvalue weighted by molar-refractivity contribution is 0.799. The predicted molar refractivity (Wildman–Crippen MR) is 165 cm³/mol. The summed E-state index contributed by atoms with van der Waals surface area (Å²) in [5.41, 5.74) is 10.9. The first-order valence-corrected chi connectivity index (χ1v) is 20.7. The Morgan fingerprint density at radius 2 is 1.24 bits per heavy atom. The average molecular weight is 609 g/mol. The van der Waals surface area contributed by atoms with Gasteiger partial charge in [-0.2, -0.15) is 0 Å². The Morgan fingerprint density at radius 3 is 1.76 bits per heavy atom. The van der Waals surface area contributed by atoms with Crippen molar-refractivity contribution in [3.63, 3.8) is 0 Å². The van der Waals surface area contributed by atoms with Gasteiger partial charge in [-0.15, -0.1) is 11.1 Å². The van der Waals surface area contributed by atoms with Gasteiger partial charge in [0.25, 0.3) is 0 Å². The zero-order valence-corrected chi connectivity index (χ0v) is 26.4. The molecule has 0 aliphatic carbocycles. The van der Waals surface area contributed by atoms with Crippen LogP contribution in [0.3, 0.4) is 0 Å². The van der Waals surface area contributed by atoms with Crippen molar-refractivity contribution in [2.75, 3.05) is 0 Å². The smallest absolute Gasteiger partial charge is 0.127 e. The molecule has 4 aromatic carbocycles. The van der Waals surface area contributed by atoms with E-state index in [0.717, 1.165) is 26.5 Å². The number of hydrogen-bond donors (Lipinski definition) is 0. The van der Waals surface area contributed by atoms with Crippen LogP contribution in [0.2, 0.25) is 39.3 Å². The van der Waals surface area contributed by atoms with Crippen LogP contribution in [0.15, 0.2) is 39.3 Å². The second-order valence-corrected chi connectivity index (χ2v) is 22.3. The topological polar surface area (TPSA) is 0 Å². The van der Waals surface area contributed by atoms with Gasteiger partial charge in [-0.05, 0) is 66.4 Å². The van der Waals surface area contributed by atoms with Gasteiger partial charge in [-0.1, -0.05) is 94.8 Å². The van der Waals surface area contributed by atoms with Crippen LogP contribution in [0.25, 0.3) is 32.3 Å². The molecule has 0 heterocycles. The number of halogens is 2. The minimum atomic E-state index is -1.54. The lowest BCUT2D eigenvalue weighted by Crippen LogP contribution is -2.16. The fraction of sp³-hybridized carbons (Fsp3) is 0.333. The van der Waals surface area contributed by atoms with Crippen LogP contribution in [-0.2, 0) is 6.42 Å². The maximum absolute atomic E-state index is 4.05. The molecular weight excluding hydrogens is 576 g/mol. The number of aryl methyl sites for hydroxylation is 1. The molecule has 4 rings (SSSR count). The SMILES string of the molecule is CCCCc1ccc2c(Br)c(C#C[Si](C)(C)C)c3cccc4c(C#C[Si](C)(C)C)c(Br)c1c2c34. The van der Waals surface area contributed by atoms with Crippen LogP contribution in [0, 0.1) is 22.9 Å². The Labute approximate surface area is 223 Å². The van der Waals surface area contributed by atoms with Gasteiger partial charge in [-0.25, -0.2) is 0 Å². The fourth-order valence-corrected chi connectivity index (χ4v) is 6.80. The van der Waals surface area contributed by atoms with Crippen LogP contribution in [0.1, 0.15) is 36.5 Å². The van der Waals surface area contributed by atoms with Crippen molar-refractivity contribution >= 4 is 80.3 Å². The molecule has 34 heavy (non-hydrogen) atoms. The normalized spacial score (nSPS) is 12.1. The van der Waals surface area contributed by atoms with E-state index in [2.05, 4.69) is 131 Å². The summed E-state index contributed by atoms with van der Waals surface area (Å²) in [5, 5.41) is 7.64. The quantitative estimate of drug-likeness (QED) is 0.123. The molecule has 4 aromatic rings. The summed E-state index contributed by atoms with van der Waals surface area (Å²) in [4.78, 5) is 0. The molecule has 0 N–H and O–H groups in total. The maximum Gasteiger partial charge on any atom is 0.129 e. The monoisotopic (exact) mass is 606 g/mol. The Bertz CT molecular complexity index is 1510. The van der Waals surface area contributed by atoms with E-state index >= 15 is 0 Å². The molecule has 0 saturated heterocycles. The van der Waals surface area contributed by atoms with Gasteiger partial charge >= 0.3 is 0 Å². The first-order chi connectivity index (χ1) is 15.9. The van der Waals surface area contributed by atoms with Crippen molar-refractivity contribution in [1.29, 1.82) is 0 Å². The number of hydrogen-bond acceptors (Lipinski definition) is 0. The van der Waals surface area contributed by atoms with E-state index in [4.69, 9.17) is 0 Å². The second kappa shape index (κ2) is 9.47. The number of benzene rings is 4. The van der Waals surface area contributed by atoms with Gasteiger partial charge in [0, 0.05) is 36.2 Å². The summed E-state index contributed by atoms with van der Waals surface area (Å²) >= 11 is 8.03. The van der Waals surface area contributed by atoms with Crippen molar-refractivity contribution in [1.82, 2.24) is 0 Å². The lowest BCUT2D eigenvalue weighted by atomic mass is 9.86. The molecule has 0 amide bonds. The van der Waals surface area contributed by atoms with Gasteiger partial charge in [0.1, 0.15) is 16.1 Å². The van der Waals surface area contributed by atoms with E-state index in [-0.39, 0.29) is 0 Å². The number of rotatable bonds is 3. The summed E-state index contributed by atoms with van der Waals surface area (Å²) in [7, 11) is -3.06. The molecule has 0 aliphatic rings. The van der Waals surface area contributed by atoms with Crippen molar-refractivity contribution in [2.24, 2.45) is 0 Å². The summed E-state index contributed by atoms with van der Waals surface area (Å²) in [6, 6.07) is 11.3. The molecule has 0 bridgehead atoms. The predicted octanol–water partition coefficient (Wildman–Crippen LogP) is 9.91. The summed E-state index contributed by atoms with van der Waals surface area (Å²) < 4.78 is 2.25. The first-order valence-electron chi connectivity index (χ1n) is 12.1. The third-order valence-electron chi connectivity index (χ3n) is 5.96. The molecule has 0 aromatic heterocycles. The van der Waals surface area contributed by atoms with E-state index in [0.29, 0.717) is 0 Å². The van der Waals surface area contributed by atoms with Crippen LogP contribution >= 0.6 is 31.9 Å². The molecule has 0 aliphatic heterocycles. The minimum Gasteiger partial charge on any atom is -0.127 e. The van der Waals surface area contributed by atoms with Gasteiger partial charge in [0.05, 0.1) is 0 Å². The molecule has 0 fully saturated rings. The molecule has 4 heteroatoms. The fourth-order valence-electron chi connectivity index (χ4n) is 4.39. The average Bonchev–Trinajstić information content (AvgIpc) is 2.75. The highest BCUT2D eigenvalue weighted by Gasteiger charge is 2.22. The summed E-state index contributed by atoms with van der Waals surface area (Å²) in [6.07, 6.45) is 3.44. The highest BCUT2D eigenvalue weighted by atomic mass is 79.9. The summed E-state index contributed by atoms with van der Waals surface area (Å²) in [6.45, 7) is 16.1. The van der Waals surface area contributed by atoms with E-state index in [1.807, 2.05) is 0 Å². The van der Waals surface area contributed by atoms with Crippen molar-refractivity contribution in [3.8, 4) is 22.9 Å². The lowest BCUT2D eigenvalue weighted by Gasteiger charge is -2.20. The first kappa shape index (κ1) is 25.5. The van der Waals surface area contributed by atoms with E-state index in [1.165, 1.54) is 50.7 Å². The van der Waals surface area contributed by atoms with Gasteiger partial charge in [0.2, 0.25) is 0 Å². The summed E-state index contributed by atoms with van der Waals surface area (Å²) in [5.74, 6) is 7.23. The van der Waals surface area contributed by atoms with Gasteiger partial charge < -0.3 is 0 Å². The van der Waals surface area contributed by atoms with Crippen molar-refractivity contribution in [2.45, 2.75) is 65.5 Å². The zero-order chi connectivity index (χ0) is 24.8. The van der Waals surface area contributed by atoms with Crippen LogP contribution in [0.4, 0.5) is 0 Å². The molecule has 0 atom stereocenters. The Balaban J connectivity index is 2.26. The van der Waals surface area contributed by atoms with E-state index < -0.39 is 16.1 Å². The van der Waals surface area contributed by atoms with E-state index in [1.54, 1.807) is 0 Å². The molecule has 0 saturated carbocycles. The molecular formula is C30H32Br2Si2. The Hall–Kier alpha value is -1.57. The molecule has 0 nitrogen and oxygen atoms in total. The maximum atomic E-state index is 4.05. The van der Waals surface area contributed by atoms with Crippen LogP contribution < -0.4 is 0 Å². The van der Waals surface area contributed by atoms with Crippen molar-refractivity contribution < 1.29 is 0 Å². The largest absolute Gasteiger partial charge is 0.129 e. The van der Waals surface area contributed by atoms with Gasteiger partial charge in [-0.3, -0.25) is 0 Å². The minimum absolute atomic E-state index is 1.07. The molecule has 0 radical (unpaired) electrons. The molecule has 0 unspecified atom stereocenters. The third-order valence-corrected chi connectivity index (χ3v) is 9.33. The molecule has 0 spiro atoms. The van der Waals surface area contributed by atoms with Crippen LogP contribution in [-0.4, -0.2) is 16.1 Å².